The van der Waals surface area contributed by atoms with Gasteiger partial charge in [-0.3, -0.25) is 0 Å². The molecule has 0 radical (unpaired) electrons. The maximum absolute atomic E-state index is 13.6. The summed E-state index contributed by atoms with van der Waals surface area (Å²) in [4.78, 5) is 0. The van der Waals surface area contributed by atoms with Crippen molar-refractivity contribution in [1.29, 1.82) is 0 Å². The van der Waals surface area contributed by atoms with E-state index in [0.717, 1.165) is 12.8 Å². The molecule has 1 aromatic carbocycles. The van der Waals surface area contributed by atoms with Gasteiger partial charge in [-0.15, -0.1) is 0 Å². The Kier molecular flexibility index (Phi) is 5.22. The van der Waals surface area contributed by atoms with Crippen LogP contribution in [0, 0.1) is 5.82 Å². The molecule has 1 rings (SSSR count). The van der Waals surface area contributed by atoms with Crippen LogP contribution in [0.5, 0.6) is 5.75 Å². The average Bonchev–Trinajstić information content (AvgIpc) is 2.28. The maximum atomic E-state index is 13.6. The van der Waals surface area contributed by atoms with Crippen molar-refractivity contribution in [2.45, 2.75) is 25.3 Å². The lowest BCUT2D eigenvalue weighted by Gasteiger charge is -2.16. The Morgan fingerprint density at radius 1 is 1.38 bits per heavy atom. The molecule has 0 aliphatic carbocycles. The molecule has 1 aromatic rings. The number of rotatable bonds is 6. The van der Waals surface area contributed by atoms with Crippen LogP contribution in [-0.4, -0.2) is 13.7 Å². The third kappa shape index (κ3) is 3.18. The van der Waals surface area contributed by atoms with Crippen molar-refractivity contribution in [2.24, 2.45) is 11.5 Å². The Labute approximate surface area is 95.6 Å². The minimum atomic E-state index is -0.331. The van der Waals surface area contributed by atoms with Crippen LogP contribution >= 0.6 is 0 Å². The van der Waals surface area contributed by atoms with Gasteiger partial charge in [0.25, 0.3) is 0 Å². The number of methoxy groups -OCH3 is 1. The first kappa shape index (κ1) is 12.9. The molecule has 16 heavy (non-hydrogen) atoms. The lowest BCUT2D eigenvalue weighted by molar-refractivity contribution is 0.396. The standard InChI is InChI=1S/C12H19FN2O/c1-16-11-7-4-5-9(13)12(11)10(15)6-2-3-8-14/h4-5,7,10H,2-3,6,8,14-15H2,1H3/t10-/m0/s1. The zero-order chi connectivity index (χ0) is 12.0. The van der Waals surface area contributed by atoms with Crippen LogP contribution in [0.3, 0.4) is 0 Å². The summed E-state index contributed by atoms with van der Waals surface area (Å²) in [5.41, 5.74) is 11.8. The minimum absolute atomic E-state index is 0.306. The van der Waals surface area contributed by atoms with Gasteiger partial charge in [-0.05, 0) is 31.5 Å². The Morgan fingerprint density at radius 2 is 2.12 bits per heavy atom. The van der Waals surface area contributed by atoms with Crippen LogP contribution in [0.15, 0.2) is 18.2 Å². The fourth-order valence-corrected chi connectivity index (χ4v) is 1.71. The average molecular weight is 226 g/mol. The van der Waals surface area contributed by atoms with Crippen molar-refractivity contribution in [2.75, 3.05) is 13.7 Å². The fourth-order valence-electron chi connectivity index (χ4n) is 1.71. The van der Waals surface area contributed by atoms with Crippen LogP contribution in [0.25, 0.3) is 0 Å². The molecule has 4 heteroatoms. The van der Waals surface area contributed by atoms with Gasteiger partial charge in [0.15, 0.2) is 0 Å². The van der Waals surface area contributed by atoms with E-state index < -0.39 is 0 Å². The molecule has 0 bridgehead atoms. The van der Waals surface area contributed by atoms with E-state index in [-0.39, 0.29) is 11.9 Å². The van der Waals surface area contributed by atoms with E-state index >= 15 is 0 Å². The van der Waals surface area contributed by atoms with Crippen molar-refractivity contribution in [3.63, 3.8) is 0 Å². The maximum Gasteiger partial charge on any atom is 0.131 e. The summed E-state index contributed by atoms with van der Waals surface area (Å²) >= 11 is 0. The van der Waals surface area contributed by atoms with Crippen molar-refractivity contribution in [3.05, 3.63) is 29.6 Å². The van der Waals surface area contributed by atoms with E-state index in [1.807, 2.05) is 0 Å². The number of ether oxygens (including phenoxy) is 1. The van der Waals surface area contributed by atoms with Crippen LogP contribution < -0.4 is 16.2 Å². The molecule has 0 aliphatic heterocycles. The van der Waals surface area contributed by atoms with Gasteiger partial charge in [0.2, 0.25) is 0 Å². The van der Waals surface area contributed by atoms with Crippen molar-refractivity contribution in [3.8, 4) is 5.75 Å². The van der Waals surface area contributed by atoms with Gasteiger partial charge < -0.3 is 16.2 Å². The molecular weight excluding hydrogens is 207 g/mol. The molecule has 0 unspecified atom stereocenters. The number of halogens is 1. The highest BCUT2D eigenvalue weighted by atomic mass is 19.1. The summed E-state index contributed by atoms with van der Waals surface area (Å²) < 4.78 is 18.7. The highest BCUT2D eigenvalue weighted by molar-refractivity contribution is 5.36. The van der Waals surface area contributed by atoms with E-state index in [2.05, 4.69) is 0 Å². The van der Waals surface area contributed by atoms with E-state index in [0.29, 0.717) is 24.3 Å². The Balaban J connectivity index is 2.76. The molecular formula is C12H19FN2O. The second-order valence-electron chi connectivity index (χ2n) is 3.75. The molecule has 0 amide bonds. The van der Waals surface area contributed by atoms with Gasteiger partial charge in [-0.25, -0.2) is 4.39 Å². The second kappa shape index (κ2) is 6.45. The van der Waals surface area contributed by atoms with Gasteiger partial charge in [0.05, 0.1) is 7.11 Å². The molecule has 4 N–H and O–H groups in total. The third-order valence-corrected chi connectivity index (χ3v) is 2.57. The highest BCUT2D eigenvalue weighted by Gasteiger charge is 2.16. The zero-order valence-corrected chi connectivity index (χ0v) is 9.58. The lowest BCUT2D eigenvalue weighted by atomic mass is 10.0. The van der Waals surface area contributed by atoms with Crippen molar-refractivity contribution in [1.82, 2.24) is 0 Å². The fraction of sp³-hybridized carbons (Fsp3) is 0.500. The topological polar surface area (TPSA) is 61.3 Å². The number of benzene rings is 1. The predicted molar refractivity (Wildman–Crippen MR) is 62.8 cm³/mol. The number of unbranched alkanes of at least 4 members (excludes halogenated alkanes) is 1. The summed E-state index contributed by atoms with van der Waals surface area (Å²) in [5.74, 6) is 0.208. The van der Waals surface area contributed by atoms with Crippen molar-refractivity contribution >= 4 is 0 Å². The Morgan fingerprint density at radius 3 is 2.75 bits per heavy atom. The first-order valence-corrected chi connectivity index (χ1v) is 5.48. The van der Waals surface area contributed by atoms with Gasteiger partial charge in [0, 0.05) is 11.6 Å². The van der Waals surface area contributed by atoms with Crippen molar-refractivity contribution < 1.29 is 9.13 Å². The smallest absolute Gasteiger partial charge is 0.131 e. The highest BCUT2D eigenvalue weighted by Crippen LogP contribution is 2.29. The Bertz CT molecular complexity index is 331. The zero-order valence-electron chi connectivity index (χ0n) is 9.58. The summed E-state index contributed by atoms with van der Waals surface area (Å²) in [5, 5.41) is 0. The van der Waals surface area contributed by atoms with E-state index in [1.54, 1.807) is 12.1 Å². The number of hydrogen-bond donors (Lipinski definition) is 2. The van der Waals surface area contributed by atoms with E-state index in [1.165, 1.54) is 13.2 Å². The van der Waals surface area contributed by atoms with Crippen LogP contribution in [0.1, 0.15) is 30.9 Å². The van der Waals surface area contributed by atoms with Crippen LogP contribution in [0.2, 0.25) is 0 Å². The van der Waals surface area contributed by atoms with E-state index in [4.69, 9.17) is 16.2 Å². The SMILES string of the molecule is COc1cccc(F)c1[C@@H](N)CCCCN. The summed E-state index contributed by atoms with van der Waals surface area (Å²) in [7, 11) is 1.52. The molecule has 0 aliphatic rings. The molecule has 0 saturated heterocycles. The summed E-state index contributed by atoms with van der Waals surface area (Å²) in [6.07, 6.45) is 2.52. The normalized spacial score (nSPS) is 12.5. The molecule has 0 heterocycles. The molecule has 3 nitrogen and oxygen atoms in total. The first-order valence-electron chi connectivity index (χ1n) is 5.48. The van der Waals surface area contributed by atoms with E-state index in [9.17, 15) is 4.39 Å². The number of nitrogens with two attached hydrogens (primary N) is 2. The quantitative estimate of drug-likeness (QED) is 0.729. The molecule has 0 spiro atoms. The predicted octanol–water partition coefficient (Wildman–Crippen LogP) is 1.96. The summed E-state index contributed by atoms with van der Waals surface area (Å²) in [6.45, 7) is 0.640. The number of hydrogen-bond acceptors (Lipinski definition) is 3. The third-order valence-electron chi connectivity index (χ3n) is 2.57. The molecule has 0 aromatic heterocycles. The minimum Gasteiger partial charge on any atom is -0.496 e. The molecule has 90 valence electrons. The van der Waals surface area contributed by atoms with Crippen LogP contribution in [-0.2, 0) is 0 Å². The van der Waals surface area contributed by atoms with Gasteiger partial charge in [-0.2, -0.15) is 0 Å². The summed E-state index contributed by atoms with van der Waals surface area (Å²) in [6, 6.07) is 4.41. The second-order valence-corrected chi connectivity index (χ2v) is 3.75. The Hall–Kier alpha value is -1.13. The van der Waals surface area contributed by atoms with Gasteiger partial charge in [-0.1, -0.05) is 12.5 Å². The lowest BCUT2D eigenvalue weighted by Crippen LogP contribution is -2.14. The first-order chi connectivity index (χ1) is 7.70. The molecule has 1 atom stereocenters. The molecule has 0 fully saturated rings. The van der Waals surface area contributed by atoms with Crippen LogP contribution in [0.4, 0.5) is 4.39 Å². The van der Waals surface area contributed by atoms with Gasteiger partial charge >= 0.3 is 0 Å². The monoisotopic (exact) mass is 226 g/mol. The molecule has 0 saturated carbocycles. The largest absolute Gasteiger partial charge is 0.496 e. The van der Waals surface area contributed by atoms with Gasteiger partial charge in [0.1, 0.15) is 11.6 Å².